The highest BCUT2D eigenvalue weighted by Crippen LogP contribution is 2.14. The van der Waals surface area contributed by atoms with Crippen molar-refractivity contribution < 1.29 is 29.4 Å². The molecular formula is C33H44N6O6. The maximum atomic E-state index is 13.6. The Morgan fingerprint density at radius 1 is 0.933 bits per heavy atom. The highest BCUT2D eigenvalue weighted by molar-refractivity contribution is 5.99. The van der Waals surface area contributed by atoms with Crippen LogP contribution in [0, 0.1) is 0 Å². The van der Waals surface area contributed by atoms with Gasteiger partial charge in [0.1, 0.15) is 11.7 Å². The van der Waals surface area contributed by atoms with Crippen LogP contribution in [0.25, 0.3) is 10.9 Å². The van der Waals surface area contributed by atoms with Crippen molar-refractivity contribution in [3.63, 3.8) is 0 Å². The first-order chi connectivity index (χ1) is 21.4. The first kappa shape index (κ1) is 34.9. The van der Waals surface area contributed by atoms with E-state index in [1.165, 1.54) is 11.0 Å². The summed E-state index contributed by atoms with van der Waals surface area (Å²) in [5, 5.41) is 29.8. The van der Waals surface area contributed by atoms with Crippen LogP contribution in [0.2, 0.25) is 0 Å². The Labute approximate surface area is 263 Å². The number of hydrogen-bond donors (Lipinski definition) is 6. The molecule has 12 nitrogen and oxygen atoms in total. The van der Waals surface area contributed by atoms with Gasteiger partial charge >= 0.3 is 6.03 Å². The molecule has 0 aliphatic carbocycles. The number of pyridine rings is 1. The van der Waals surface area contributed by atoms with Crippen molar-refractivity contribution in [2.75, 3.05) is 19.7 Å². The molecule has 5 amide bonds. The van der Waals surface area contributed by atoms with Crippen molar-refractivity contribution in [2.24, 2.45) is 5.73 Å². The lowest BCUT2D eigenvalue weighted by Crippen LogP contribution is -2.57. The lowest BCUT2D eigenvalue weighted by Gasteiger charge is -2.33. The van der Waals surface area contributed by atoms with Crippen LogP contribution < -0.4 is 21.7 Å². The van der Waals surface area contributed by atoms with Crippen LogP contribution in [0.4, 0.5) is 4.79 Å². The predicted octanol–water partition coefficient (Wildman–Crippen LogP) is 1.88. The summed E-state index contributed by atoms with van der Waals surface area (Å²) in [5.41, 5.74) is 6.36. The first-order valence-corrected chi connectivity index (χ1v) is 15.0. The number of nitrogens with one attached hydrogen (secondary N) is 3. The van der Waals surface area contributed by atoms with Gasteiger partial charge in [-0.15, -0.1) is 0 Å². The quantitative estimate of drug-likeness (QED) is 0.140. The Kier molecular flexibility index (Phi) is 12.8. The van der Waals surface area contributed by atoms with Crippen LogP contribution in [0.15, 0.2) is 66.7 Å². The summed E-state index contributed by atoms with van der Waals surface area (Å²) in [4.78, 5) is 57.6. The lowest BCUT2D eigenvalue weighted by molar-refractivity contribution is -0.128. The number of nitrogens with two attached hydrogens (primary N) is 1. The predicted molar refractivity (Wildman–Crippen MR) is 171 cm³/mol. The summed E-state index contributed by atoms with van der Waals surface area (Å²) in [6.45, 7) is 5.63. The van der Waals surface area contributed by atoms with Crippen molar-refractivity contribution in [2.45, 2.75) is 70.2 Å². The van der Waals surface area contributed by atoms with Gasteiger partial charge in [-0.1, -0.05) is 54.6 Å². The Morgan fingerprint density at radius 2 is 1.62 bits per heavy atom. The van der Waals surface area contributed by atoms with Crippen LogP contribution in [-0.4, -0.2) is 87.3 Å². The average molecular weight is 621 g/mol. The Hall–Kier alpha value is -4.55. The number of unbranched alkanes of at least 4 members (excludes halogenated alkanes) is 1. The van der Waals surface area contributed by atoms with Crippen molar-refractivity contribution in [3.8, 4) is 0 Å². The SMILES string of the molecule is CC(C)(C)NC(=O)N(CCCCO)CC(O)[C@H](Cc1ccccc1)NC(=O)C(CC(N)=O)NC(=O)c1ccc2ccccc2n1. The lowest BCUT2D eigenvalue weighted by atomic mass is 9.99. The molecule has 0 bridgehead atoms. The van der Waals surface area contributed by atoms with E-state index in [0.29, 0.717) is 18.4 Å². The van der Waals surface area contributed by atoms with E-state index in [9.17, 15) is 29.4 Å². The number of nitrogens with zero attached hydrogens (tertiary/aromatic N) is 2. The largest absolute Gasteiger partial charge is 0.396 e. The number of carbonyl (C=O) groups excluding carboxylic acids is 4. The van der Waals surface area contributed by atoms with Gasteiger partial charge in [0.25, 0.3) is 5.91 Å². The van der Waals surface area contributed by atoms with E-state index in [-0.39, 0.29) is 31.8 Å². The zero-order valence-corrected chi connectivity index (χ0v) is 26.0. The highest BCUT2D eigenvalue weighted by atomic mass is 16.3. The van der Waals surface area contributed by atoms with Gasteiger partial charge in [-0.05, 0) is 57.7 Å². The zero-order valence-electron chi connectivity index (χ0n) is 26.0. The minimum absolute atomic E-state index is 0.0360. The molecule has 1 heterocycles. The van der Waals surface area contributed by atoms with E-state index in [4.69, 9.17) is 5.73 Å². The van der Waals surface area contributed by atoms with E-state index in [0.717, 1.165) is 10.9 Å². The molecule has 2 aromatic carbocycles. The second-order valence-electron chi connectivity index (χ2n) is 12.0. The van der Waals surface area contributed by atoms with Crippen LogP contribution in [-0.2, 0) is 16.0 Å². The third kappa shape index (κ3) is 11.5. The molecule has 3 rings (SSSR count). The van der Waals surface area contributed by atoms with E-state index in [1.54, 1.807) is 18.2 Å². The number of benzene rings is 2. The summed E-state index contributed by atoms with van der Waals surface area (Å²) < 4.78 is 0. The molecule has 2 unspecified atom stereocenters. The third-order valence-electron chi connectivity index (χ3n) is 6.96. The van der Waals surface area contributed by atoms with Gasteiger partial charge in [0.15, 0.2) is 0 Å². The van der Waals surface area contributed by atoms with Gasteiger partial charge in [0, 0.05) is 24.1 Å². The summed E-state index contributed by atoms with van der Waals surface area (Å²) >= 11 is 0. The molecule has 242 valence electrons. The standard InChI is InChI=1S/C33H44N6O6/c1-33(2,3)38-32(45)39(17-9-10-18-40)21-28(41)26(19-22-11-5-4-6-12-22)36-31(44)27(20-29(34)42)37-30(43)25-16-15-23-13-7-8-14-24(23)35-25/h4-8,11-16,26-28,40-41H,9-10,17-21H2,1-3H3,(H2,34,42)(H,36,44)(H,37,43)(H,38,45)/t26-,27?,28?/m0/s1. The summed E-state index contributed by atoms with van der Waals surface area (Å²) in [6.07, 6.45) is -0.545. The molecule has 0 saturated carbocycles. The van der Waals surface area contributed by atoms with Crippen LogP contribution in [0.3, 0.4) is 0 Å². The number of urea groups is 1. The second-order valence-corrected chi connectivity index (χ2v) is 12.0. The fourth-order valence-corrected chi connectivity index (χ4v) is 4.71. The zero-order chi connectivity index (χ0) is 33.0. The van der Waals surface area contributed by atoms with Crippen LogP contribution in [0.5, 0.6) is 0 Å². The van der Waals surface area contributed by atoms with Gasteiger partial charge in [-0.2, -0.15) is 0 Å². The number of primary amides is 1. The molecular weight excluding hydrogens is 576 g/mol. The van der Waals surface area contributed by atoms with Gasteiger partial charge in [-0.25, -0.2) is 9.78 Å². The first-order valence-electron chi connectivity index (χ1n) is 15.0. The third-order valence-corrected chi connectivity index (χ3v) is 6.96. The Balaban J connectivity index is 1.83. The van der Waals surface area contributed by atoms with E-state index in [1.807, 2.05) is 63.2 Å². The van der Waals surface area contributed by atoms with Crippen molar-refractivity contribution in [1.82, 2.24) is 25.8 Å². The minimum atomic E-state index is -1.35. The number of carbonyl (C=O) groups is 4. The fourth-order valence-electron chi connectivity index (χ4n) is 4.71. The number of fused-ring (bicyclic) bond motifs is 1. The summed E-state index contributed by atoms with van der Waals surface area (Å²) in [7, 11) is 0. The van der Waals surface area contributed by atoms with Gasteiger partial charge in [0.2, 0.25) is 11.8 Å². The van der Waals surface area contributed by atoms with Gasteiger partial charge in [-0.3, -0.25) is 14.4 Å². The average Bonchev–Trinajstić information content (AvgIpc) is 2.99. The van der Waals surface area contributed by atoms with E-state index < -0.39 is 53.9 Å². The van der Waals surface area contributed by atoms with Gasteiger partial charge in [0.05, 0.1) is 30.6 Å². The molecule has 7 N–H and O–H groups in total. The van der Waals surface area contributed by atoms with Crippen LogP contribution >= 0.6 is 0 Å². The van der Waals surface area contributed by atoms with Crippen molar-refractivity contribution >= 4 is 34.7 Å². The number of amides is 5. The molecule has 0 spiro atoms. The summed E-state index contributed by atoms with van der Waals surface area (Å²) in [6, 6.07) is 17.0. The Morgan fingerprint density at radius 3 is 2.29 bits per heavy atom. The minimum Gasteiger partial charge on any atom is -0.396 e. The molecule has 0 radical (unpaired) electrons. The summed E-state index contributed by atoms with van der Waals surface area (Å²) in [5.74, 6) is -2.21. The van der Waals surface area contributed by atoms with Crippen LogP contribution in [0.1, 0.15) is 56.1 Å². The maximum Gasteiger partial charge on any atom is 0.317 e. The smallest absolute Gasteiger partial charge is 0.317 e. The Bertz CT molecular complexity index is 1440. The molecule has 0 fully saturated rings. The van der Waals surface area contributed by atoms with Crippen molar-refractivity contribution in [1.29, 1.82) is 0 Å². The number of hydrogen-bond acceptors (Lipinski definition) is 7. The molecule has 12 heteroatoms. The molecule has 3 aromatic rings. The molecule has 0 aliphatic rings. The fraction of sp³-hybridized carbons (Fsp3) is 0.424. The topological polar surface area (TPSA) is 187 Å². The van der Waals surface area contributed by atoms with Crippen molar-refractivity contribution in [3.05, 3.63) is 78.0 Å². The number of aliphatic hydroxyl groups excluding tert-OH is 2. The monoisotopic (exact) mass is 620 g/mol. The molecule has 3 atom stereocenters. The van der Waals surface area contributed by atoms with E-state index >= 15 is 0 Å². The molecule has 0 saturated heterocycles. The number of aromatic nitrogens is 1. The second kappa shape index (κ2) is 16.5. The molecule has 0 aliphatic heterocycles. The number of rotatable bonds is 15. The van der Waals surface area contributed by atoms with Gasteiger partial charge < -0.3 is 36.8 Å². The normalized spacial score (nSPS) is 13.4. The number of aliphatic hydroxyl groups is 2. The molecule has 1 aromatic heterocycles. The molecule has 45 heavy (non-hydrogen) atoms. The maximum absolute atomic E-state index is 13.6. The van der Waals surface area contributed by atoms with E-state index in [2.05, 4.69) is 20.9 Å². The number of para-hydroxylation sites is 1. The highest BCUT2D eigenvalue weighted by Gasteiger charge is 2.31.